The van der Waals surface area contributed by atoms with Crippen LogP contribution >= 0.6 is 0 Å². The van der Waals surface area contributed by atoms with E-state index in [1.165, 1.54) is 88.0 Å². The lowest BCUT2D eigenvalue weighted by Crippen LogP contribution is -2.37. The zero-order valence-corrected chi connectivity index (χ0v) is 38.8. The molecular formula is C62H49BN2O2. The lowest BCUT2D eigenvalue weighted by molar-refractivity contribution is 0.332. The fourth-order valence-corrected chi connectivity index (χ4v) is 12.1. The number of aryl methyl sites for hydroxylation is 2. The Bertz CT molecular complexity index is 4120. The van der Waals surface area contributed by atoms with Crippen molar-refractivity contribution in [1.29, 1.82) is 0 Å². The maximum Gasteiger partial charge on any atom is 0.198 e. The van der Waals surface area contributed by atoms with Gasteiger partial charge >= 0.3 is 0 Å². The number of hydrogen-bond acceptors (Lipinski definition) is 3. The van der Waals surface area contributed by atoms with Crippen LogP contribution in [0.3, 0.4) is 0 Å². The summed E-state index contributed by atoms with van der Waals surface area (Å²) < 4.78 is 16.2. The maximum absolute atomic E-state index is 6.97. The molecule has 67 heavy (non-hydrogen) atoms. The van der Waals surface area contributed by atoms with Crippen molar-refractivity contribution in [2.45, 2.75) is 65.2 Å². The van der Waals surface area contributed by atoms with Crippen LogP contribution in [0.25, 0.3) is 104 Å². The van der Waals surface area contributed by atoms with Crippen LogP contribution < -0.4 is 16.2 Å². The summed E-state index contributed by atoms with van der Waals surface area (Å²) in [6, 6.07) is 56.5. The molecule has 1 aliphatic carbocycles. The topological polar surface area (TPSA) is 43.2 Å². The third kappa shape index (κ3) is 5.61. The second-order valence-corrected chi connectivity index (χ2v) is 21.0. The van der Waals surface area contributed by atoms with Crippen molar-refractivity contribution in [2.75, 3.05) is 5.32 Å². The number of nitrogens with one attached hydrogen (secondary N) is 1. The number of aromatic nitrogens is 1. The zero-order chi connectivity index (χ0) is 45.1. The van der Waals surface area contributed by atoms with Gasteiger partial charge in [-0.2, -0.15) is 0 Å². The smallest absolute Gasteiger partial charge is 0.198 e. The first kappa shape index (κ1) is 38.7. The van der Waals surface area contributed by atoms with Crippen LogP contribution in [0.15, 0.2) is 160 Å². The van der Waals surface area contributed by atoms with E-state index in [1.54, 1.807) is 0 Å². The number of benzene rings is 9. The van der Waals surface area contributed by atoms with Crippen molar-refractivity contribution in [3.8, 4) is 27.9 Å². The van der Waals surface area contributed by atoms with Crippen LogP contribution in [-0.2, 0) is 10.8 Å². The van der Waals surface area contributed by atoms with Crippen LogP contribution in [0.1, 0.15) is 62.8 Å². The average molecular weight is 865 g/mol. The fourth-order valence-electron chi connectivity index (χ4n) is 12.1. The highest BCUT2D eigenvalue weighted by Crippen LogP contribution is 2.50. The van der Waals surface area contributed by atoms with Gasteiger partial charge in [-0.15, -0.1) is 0 Å². The highest BCUT2D eigenvalue weighted by atomic mass is 16.3. The maximum atomic E-state index is 6.97. The predicted molar refractivity (Wildman–Crippen MR) is 285 cm³/mol. The minimum absolute atomic E-state index is 0.0621. The first-order valence-corrected chi connectivity index (χ1v) is 23.9. The van der Waals surface area contributed by atoms with E-state index in [0.29, 0.717) is 0 Å². The van der Waals surface area contributed by atoms with Gasteiger partial charge in [-0.1, -0.05) is 129 Å². The van der Waals surface area contributed by atoms with E-state index >= 15 is 0 Å². The van der Waals surface area contributed by atoms with E-state index in [0.717, 1.165) is 81.1 Å². The van der Waals surface area contributed by atoms with Gasteiger partial charge in [-0.3, -0.25) is 0 Å². The summed E-state index contributed by atoms with van der Waals surface area (Å²) in [5.41, 5.74) is 22.2. The Labute approximate surface area is 390 Å². The molecule has 14 rings (SSSR count). The Morgan fingerprint density at radius 1 is 0.507 bits per heavy atom. The highest BCUT2D eigenvalue weighted by Gasteiger charge is 2.38. The largest absolute Gasteiger partial charge is 0.456 e. The van der Waals surface area contributed by atoms with Crippen molar-refractivity contribution in [1.82, 2.24) is 4.57 Å². The molecule has 1 N–H and O–H groups in total. The number of hydrogen-bond donors (Lipinski definition) is 1. The quantitative estimate of drug-likeness (QED) is 0.179. The molecule has 1 aliphatic heterocycles. The molecule has 3 aromatic heterocycles. The molecular weight excluding hydrogens is 816 g/mol. The molecule has 5 heteroatoms. The third-order valence-corrected chi connectivity index (χ3v) is 15.8. The first-order valence-electron chi connectivity index (χ1n) is 23.9. The first-order chi connectivity index (χ1) is 32.5. The van der Waals surface area contributed by atoms with E-state index in [-0.39, 0.29) is 10.8 Å². The summed E-state index contributed by atoms with van der Waals surface area (Å²) in [6.45, 7) is 14.0. The van der Waals surface area contributed by atoms with Crippen molar-refractivity contribution >= 4 is 106 Å². The average Bonchev–Trinajstić information content (AvgIpc) is 4.00. The summed E-state index contributed by atoms with van der Waals surface area (Å²) in [7, 11) is 0.797. The molecule has 12 aromatic rings. The van der Waals surface area contributed by atoms with E-state index in [1.807, 2.05) is 0 Å². The van der Waals surface area contributed by atoms with E-state index in [9.17, 15) is 0 Å². The molecule has 9 aromatic carbocycles. The zero-order valence-electron chi connectivity index (χ0n) is 38.8. The van der Waals surface area contributed by atoms with Crippen molar-refractivity contribution in [2.24, 2.45) is 0 Å². The van der Waals surface area contributed by atoms with Gasteiger partial charge < -0.3 is 18.7 Å². The second kappa shape index (κ2) is 13.5. The minimum atomic E-state index is 0.0621. The molecule has 0 radical (unpaired) electrons. The number of furan rings is 2. The van der Waals surface area contributed by atoms with Gasteiger partial charge in [-0.05, 0) is 137 Å². The lowest BCUT2D eigenvalue weighted by atomic mass is 9.58. The van der Waals surface area contributed by atoms with E-state index in [4.69, 9.17) is 8.83 Å². The monoisotopic (exact) mass is 864 g/mol. The normalized spacial score (nSPS) is 15.0. The second-order valence-electron chi connectivity index (χ2n) is 21.0. The van der Waals surface area contributed by atoms with Crippen molar-refractivity contribution < 1.29 is 8.83 Å². The number of fused-ring (bicyclic) bond motifs is 14. The standard InChI is InChI=1S/C62H49BN2O2/c1-34-15-20-38(21-16-34)64-51-33-56-45(46-31-48-49(32-55(46)67-56)62(5,6)26-25-61(48,3)4)30-44(51)47-29-43(37-19-22-41-40-13-9-10-14-53(40)66-54(41)28-37)57-42-23-18-36-11-7-8-12-39(36)59(42)65-52-24-17-35(2)27-50(52)63-58(47)60(57)65/h7-24,27-33,63-64H,25-26H2,1-6H3. The molecule has 0 saturated heterocycles. The van der Waals surface area contributed by atoms with Gasteiger partial charge in [0.05, 0.1) is 11.2 Å². The molecule has 0 bridgehead atoms. The molecule has 0 amide bonds. The molecule has 0 saturated carbocycles. The molecule has 4 heterocycles. The molecule has 0 fully saturated rings. The Morgan fingerprint density at radius 3 is 2.01 bits per heavy atom. The van der Waals surface area contributed by atoms with Crippen LogP contribution in [0, 0.1) is 13.8 Å². The Hall–Kier alpha value is -7.50. The van der Waals surface area contributed by atoms with Gasteiger partial charge in [0.25, 0.3) is 0 Å². The lowest BCUT2D eigenvalue weighted by Gasteiger charge is -2.41. The predicted octanol–water partition coefficient (Wildman–Crippen LogP) is 15.5. The molecule has 4 nitrogen and oxygen atoms in total. The molecule has 0 spiro atoms. The molecule has 2 aliphatic rings. The van der Waals surface area contributed by atoms with Crippen molar-refractivity contribution in [3.63, 3.8) is 0 Å². The van der Waals surface area contributed by atoms with E-state index in [2.05, 4.69) is 203 Å². The fraction of sp³-hybridized carbons (Fsp3) is 0.161. The molecule has 0 unspecified atom stereocenters. The van der Waals surface area contributed by atoms with Crippen LogP contribution in [0.4, 0.5) is 11.4 Å². The summed E-state index contributed by atoms with van der Waals surface area (Å²) in [5, 5.41) is 13.5. The number of para-hydroxylation sites is 1. The Balaban J connectivity index is 1.14. The summed E-state index contributed by atoms with van der Waals surface area (Å²) in [5.74, 6) is 0. The van der Waals surface area contributed by atoms with Crippen LogP contribution in [0.5, 0.6) is 0 Å². The summed E-state index contributed by atoms with van der Waals surface area (Å²) in [4.78, 5) is 0. The van der Waals surface area contributed by atoms with Gasteiger partial charge in [0.2, 0.25) is 0 Å². The van der Waals surface area contributed by atoms with E-state index < -0.39 is 0 Å². The Morgan fingerprint density at radius 2 is 1.18 bits per heavy atom. The summed E-state index contributed by atoms with van der Waals surface area (Å²) >= 11 is 0. The number of rotatable bonds is 4. The van der Waals surface area contributed by atoms with Crippen molar-refractivity contribution in [3.05, 3.63) is 174 Å². The van der Waals surface area contributed by atoms with Gasteiger partial charge in [0.1, 0.15) is 22.3 Å². The van der Waals surface area contributed by atoms with Crippen LogP contribution in [-0.4, -0.2) is 11.8 Å². The number of anilines is 2. The third-order valence-electron chi connectivity index (χ3n) is 15.8. The van der Waals surface area contributed by atoms with Crippen LogP contribution in [0.2, 0.25) is 0 Å². The molecule has 322 valence electrons. The SMILES string of the molecule is Cc1ccc(Nc2cc3oc4cc5c(cc4c3cc2-c2cc(-c3ccc4c(c3)oc3ccccc34)c3c4ccc6ccccc6c4n4c3c2Bc2cc(C)ccc2-4)C(C)(C)CCC5(C)C)cc1. The number of nitrogens with zero attached hydrogens (tertiary/aromatic N) is 1. The van der Waals surface area contributed by atoms with Gasteiger partial charge in [-0.25, -0.2) is 0 Å². The Kier molecular flexibility index (Phi) is 7.83. The molecule has 0 atom stereocenters. The van der Waals surface area contributed by atoms with Gasteiger partial charge in [0.15, 0.2) is 7.28 Å². The minimum Gasteiger partial charge on any atom is -0.456 e. The summed E-state index contributed by atoms with van der Waals surface area (Å²) in [6.07, 6.45) is 2.31. The highest BCUT2D eigenvalue weighted by molar-refractivity contribution is 6.73. The van der Waals surface area contributed by atoms with Gasteiger partial charge in [0, 0.05) is 66.2 Å².